The lowest BCUT2D eigenvalue weighted by Crippen LogP contribution is -2.07. The second kappa shape index (κ2) is 4.04. The molecule has 0 radical (unpaired) electrons. The summed E-state index contributed by atoms with van der Waals surface area (Å²) in [5.74, 6) is 0.342. The summed E-state index contributed by atoms with van der Waals surface area (Å²) in [6, 6.07) is 10.1. The fourth-order valence-electron chi connectivity index (χ4n) is 1.77. The Hall–Kier alpha value is -1.33. The van der Waals surface area contributed by atoms with E-state index < -0.39 is 6.10 Å². The molecule has 1 aromatic carbocycles. The number of benzene rings is 1. The number of hydrogen-bond acceptors (Lipinski definition) is 2. The van der Waals surface area contributed by atoms with Crippen molar-refractivity contribution < 1.29 is 5.11 Å². The number of aliphatic hydroxyl groups is 1. The van der Waals surface area contributed by atoms with Crippen LogP contribution in [0.2, 0.25) is 0 Å². The van der Waals surface area contributed by atoms with Crippen LogP contribution in [0, 0.1) is 17.2 Å². The Bertz CT molecular complexity index is 390. The molecule has 0 heterocycles. The summed E-state index contributed by atoms with van der Waals surface area (Å²) in [6.45, 7) is 1.74. The van der Waals surface area contributed by atoms with Crippen LogP contribution in [0.5, 0.6) is 0 Å². The number of nitriles is 1. The van der Waals surface area contributed by atoms with Crippen molar-refractivity contribution in [1.82, 2.24) is 0 Å². The molecule has 1 fully saturated rings. The predicted molar refractivity (Wildman–Crippen MR) is 58.2 cm³/mol. The van der Waals surface area contributed by atoms with Gasteiger partial charge in [0.2, 0.25) is 0 Å². The van der Waals surface area contributed by atoms with E-state index in [-0.39, 0.29) is 5.92 Å². The maximum atomic E-state index is 9.89. The highest BCUT2D eigenvalue weighted by Gasteiger charge is 2.24. The molecule has 0 saturated heterocycles. The Morgan fingerprint density at radius 3 is 2.80 bits per heavy atom. The molecule has 2 nitrogen and oxygen atoms in total. The molecule has 15 heavy (non-hydrogen) atoms. The van der Waals surface area contributed by atoms with Gasteiger partial charge in [0.15, 0.2) is 0 Å². The summed E-state index contributed by atoms with van der Waals surface area (Å²) in [7, 11) is 0. The number of rotatable bonds is 3. The summed E-state index contributed by atoms with van der Waals surface area (Å²) in [4.78, 5) is 0. The minimum atomic E-state index is -0.659. The molecule has 2 unspecified atom stereocenters. The van der Waals surface area contributed by atoms with Gasteiger partial charge in [-0.15, -0.1) is 0 Å². The van der Waals surface area contributed by atoms with Gasteiger partial charge in [-0.25, -0.2) is 0 Å². The minimum Gasteiger partial charge on any atom is -0.387 e. The van der Waals surface area contributed by atoms with Gasteiger partial charge in [0, 0.05) is 0 Å². The first kappa shape index (κ1) is 10.2. The Balaban J connectivity index is 2.20. The number of aliphatic hydroxyl groups excluding tert-OH is 1. The molecule has 0 amide bonds. The highest BCUT2D eigenvalue weighted by atomic mass is 16.3. The molecular weight excluding hydrogens is 186 g/mol. The fourth-order valence-corrected chi connectivity index (χ4v) is 1.77. The van der Waals surface area contributed by atoms with E-state index in [2.05, 4.69) is 12.1 Å². The summed E-state index contributed by atoms with van der Waals surface area (Å²) in [5.41, 5.74) is 2.17. The quantitative estimate of drug-likeness (QED) is 0.817. The highest BCUT2D eigenvalue weighted by molar-refractivity contribution is 5.30. The van der Waals surface area contributed by atoms with E-state index in [0.29, 0.717) is 5.92 Å². The second-order valence-corrected chi connectivity index (χ2v) is 4.31. The average Bonchev–Trinajstić information content (AvgIpc) is 3.11. The lowest BCUT2D eigenvalue weighted by molar-refractivity contribution is 0.142. The van der Waals surface area contributed by atoms with Crippen molar-refractivity contribution in [2.24, 2.45) is 5.92 Å². The van der Waals surface area contributed by atoms with Crippen LogP contribution in [0.3, 0.4) is 0 Å². The van der Waals surface area contributed by atoms with Gasteiger partial charge in [0.25, 0.3) is 0 Å². The van der Waals surface area contributed by atoms with Crippen molar-refractivity contribution in [2.45, 2.75) is 31.8 Å². The Morgan fingerprint density at radius 2 is 2.20 bits per heavy atom. The molecule has 78 valence electrons. The zero-order valence-electron chi connectivity index (χ0n) is 8.85. The van der Waals surface area contributed by atoms with Gasteiger partial charge in [-0.05, 0) is 36.8 Å². The van der Waals surface area contributed by atoms with Crippen LogP contribution in [0.4, 0.5) is 0 Å². The molecule has 1 aliphatic rings. The molecule has 2 atom stereocenters. The van der Waals surface area contributed by atoms with Crippen molar-refractivity contribution in [2.75, 3.05) is 0 Å². The monoisotopic (exact) mass is 201 g/mol. The summed E-state index contributed by atoms with van der Waals surface area (Å²) >= 11 is 0. The molecule has 0 aliphatic heterocycles. The fraction of sp³-hybridized carbons (Fsp3) is 0.462. The molecule has 0 bridgehead atoms. The molecule has 1 aromatic rings. The average molecular weight is 201 g/mol. The highest BCUT2D eigenvalue weighted by Crippen LogP contribution is 2.40. The van der Waals surface area contributed by atoms with Crippen molar-refractivity contribution in [3.05, 3.63) is 35.4 Å². The van der Waals surface area contributed by atoms with Gasteiger partial charge in [0.1, 0.15) is 0 Å². The third-order valence-electron chi connectivity index (χ3n) is 2.98. The second-order valence-electron chi connectivity index (χ2n) is 4.31. The van der Waals surface area contributed by atoms with Gasteiger partial charge in [-0.3, -0.25) is 0 Å². The summed E-state index contributed by atoms with van der Waals surface area (Å²) < 4.78 is 0. The van der Waals surface area contributed by atoms with E-state index in [4.69, 9.17) is 5.26 Å². The zero-order chi connectivity index (χ0) is 10.8. The van der Waals surface area contributed by atoms with E-state index in [0.717, 1.165) is 5.56 Å². The molecule has 0 spiro atoms. The zero-order valence-corrected chi connectivity index (χ0v) is 8.85. The van der Waals surface area contributed by atoms with Gasteiger partial charge >= 0.3 is 0 Å². The van der Waals surface area contributed by atoms with Crippen LogP contribution in [0.25, 0.3) is 0 Å². The summed E-state index contributed by atoms with van der Waals surface area (Å²) in [5, 5.41) is 18.6. The summed E-state index contributed by atoms with van der Waals surface area (Å²) in [6.07, 6.45) is 1.86. The van der Waals surface area contributed by atoms with Crippen LogP contribution in [-0.2, 0) is 0 Å². The lowest BCUT2D eigenvalue weighted by Gasteiger charge is -2.13. The topological polar surface area (TPSA) is 44.0 Å². The maximum absolute atomic E-state index is 9.89. The van der Waals surface area contributed by atoms with Crippen LogP contribution in [0.1, 0.15) is 42.9 Å². The van der Waals surface area contributed by atoms with Gasteiger partial charge in [0.05, 0.1) is 18.1 Å². The first-order valence-corrected chi connectivity index (χ1v) is 5.40. The van der Waals surface area contributed by atoms with Crippen LogP contribution in [-0.4, -0.2) is 5.11 Å². The molecule has 2 rings (SSSR count). The van der Waals surface area contributed by atoms with Gasteiger partial charge in [-0.2, -0.15) is 5.26 Å². The standard InChI is InChI=1S/C13H15NO/c1-9(8-14)13(15)12-4-2-3-11(7-12)10-5-6-10/h2-4,7,9-10,13,15H,5-6H2,1H3. The predicted octanol–water partition coefficient (Wildman–Crippen LogP) is 2.76. The van der Waals surface area contributed by atoms with Crippen molar-refractivity contribution in [3.8, 4) is 6.07 Å². The molecular formula is C13H15NO. The van der Waals surface area contributed by atoms with E-state index in [1.165, 1.54) is 18.4 Å². The molecule has 0 aromatic heterocycles. The van der Waals surface area contributed by atoms with Crippen molar-refractivity contribution in [1.29, 1.82) is 5.26 Å². The Kier molecular flexibility index (Phi) is 2.75. The van der Waals surface area contributed by atoms with Crippen molar-refractivity contribution in [3.63, 3.8) is 0 Å². The first-order chi connectivity index (χ1) is 7.22. The Morgan fingerprint density at radius 1 is 1.47 bits per heavy atom. The number of nitrogens with zero attached hydrogens (tertiary/aromatic N) is 1. The molecule has 1 saturated carbocycles. The molecule has 1 N–H and O–H groups in total. The molecule has 2 heteroatoms. The SMILES string of the molecule is CC(C#N)C(O)c1cccc(C2CC2)c1. The van der Waals surface area contributed by atoms with Crippen molar-refractivity contribution >= 4 is 0 Å². The van der Waals surface area contributed by atoms with E-state index in [1.807, 2.05) is 18.2 Å². The van der Waals surface area contributed by atoms with Crippen LogP contribution in [0.15, 0.2) is 24.3 Å². The number of hydrogen-bond donors (Lipinski definition) is 1. The Labute approximate surface area is 90.2 Å². The lowest BCUT2D eigenvalue weighted by atomic mass is 9.96. The minimum absolute atomic E-state index is 0.348. The largest absolute Gasteiger partial charge is 0.387 e. The van der Waals surface area contributed by atoms with E-state index in [1.54, 1.807) is 6.92 Å². The van der Waals surface area contributed by atoms with E-state index in [9.17, 15) is 5.11 Å². The maximum Gasteiger partial charge on any atom is 0.0945 e. The normalized spacial score (nSPS) is 19.3. The van der Waals surface area contributed by atoms with Gasteiger partial charge < -0.3 is 5.11 Å². The van der Waals surface area contributed by atoms with E-state index >= 15 is 0 Å². The molecule has 1 aliphatic carbocycles. The van der Waals surface area contributed by atoms with Crippen LogP contribution < -0.4 is 0 Å². The van der Waals surface area contributed by atoms with Gasteiger partial charge in [-0.1, -0.05) is 24.3 Å². The smallest absolute Gasteiger partial charge is 0.0945 e. The van der Waals surface area contributed by atoms with Crippen LogP contribution >= 0.6 is 0 Å². The third kappa shape index (κ3) is 2.19. The first-order valence-electron chi connectivity index (χ1n) is 5.40. The third-order valence-corrected chi connectivity index (χ3v) is 2.98.